The predicted octanol–water partition coefficient (Wildman–Crippen LogP) is 1.89. The minimum atomic E-state index is -4.41. The van der Waals surface area contributed by atoms with Crippen molar-refractivity contribution >= 4 is 17.4 Å². The molecule has 0 saturated carbocycles. The lowest BCUT2D eigenvalue weighted by Gasteiger charge is -2.25. The molecule has 2 aromatic heterocycles. The van der Waals surface area contributed by atoms with Crippen LogP contribution in [0.15, 0.2) is 36.7 Å². The first-order valence-corrected chi connectivity index (χ1v) is 10.4. The number of carbonyl (C=O) groups excluding carboxylic acids is 1. The van der Waals surface area contributed by atoms with Crippen molar-refractivity contribution in [3.8, 4) is 0 Å². The summed E-state index contributed by atoms with van der Waals surface area (Å²) in [5.74, 6) is 0.205. The maximum absolute atomic E-state index is 13.4. The number of carbonyl (C=O) groups is 1. The molecule has 1 N–H and O–H groups in total. The minimum Gasteiger partial charge on any atom is -0.396 e. The Hall–Kier alpha value is -3.21. The van der Waals surface area contributed by atoms with Crippen molar-refractivity contribution in [1.82, 2.24) is 24.5 Å². The third-order valence-corrected chi connectivity index (χ3v) is 6.16. The molecule has 2 fully saturated rings. The number of hydrogen-bond acceptors (Lipinski definition) is 6. The van der Waals surface area contributed by atoms with Crippen LogP contribution in [0.25, 0.3) is 5.78 Å². The van der Waals surface area contributed by atoms with Crippen LogP contribution in [0, 0.1) is 11.8 Å². The number of rotatable bonds is 4. The number of aliphatic hydroxyl groups is 1. The average Bonchev–Trinajstić information content (AvgIpc) is 3.45. The monoisotopic (exact) mass is 446 g/mol. The Balaban J connectivity index is 1.29. The second-order valence-corrected chi connectivity index (χ2v) is 8.27. The number of para-hydroxylation sites is 1. The van der Waals surface area contributed by atoms with Crippen molar-refractivity contribution in [3.63, 3.8) is 0 Å². The molecule has 2 aliphatic heterocycles. The van der Waals surface area contributed by atoms with Gasteiger partial charge in [-0.15, -0.1) is 5.10 Å². The molecule has 0 bridgehead atoms. The summed E-state index contributed by atoms with van der Waals surface area (Å²) in [6.45, 7) is 1.81. The summed E-state index contributed by atoms with van der Waals surface area (Å²) in [6, 6.07) is 5.62. The highest BCUT2D eigenvalue weighted by Gasteiger charge is 2.44. The number of amides is 1. The summed E-state index contributed by atoms with van der Waals surface area (Å²) in [4.78, 5) is 24.8. The summed E-state index contributed by atoms with van der Waals surface area (Å²) < 4.78 is 41.6. The van der Waals surface area contributed by atoms with Crippen LogP contribution in [0.2, 0.25) is 0 Å². The van der Waals surface area contributed by atoms with E-state index in [1.54, 1.807) is 28.3 Å². The SMILES string of the molecule is O=C(c1nc2ncc(CCO)cn2n1)N1C[C@@H]2CN(c3ccccc3C(F)(F)F)C[C@@H]2C1. The topological polar surface area (TPSA) is 86.9 Å². The lowest BCUT2D eigenvalue weighted by Crippen LogP contribution is -2.34. The average molecular weight is 446 g/mol. The fourth-order valence-corrected chi connectivity index (χ4v) is 4.66. The van der Waals surface area contributed by atoms with Crippen LogP contribution in [-0.4, -0.2) is 68.3 Å². The number of aliphatic hydroxyl groups excluding tert-OH is 1. The van der Waals surface area contributed by atoms with Gasteiger partial charge in [0.15, 0.2) is 0 Å². The molecule has 0 aliphatic carbocycles. The number of likely N-dealkylation sites (tertiary alicyclic amines) is 1. The highest BCUT2D eigenvalue weighted by Crippen LogP contribution is 2.40. The molecule has 32 heavy (non-hydrogen) atoms. The van der Waals surface area contributed by atoms with Gasteiger partial charge in [-0.05, 0) is 24.1 Å². The summed E-state index contributed by atoms with van der Waals surface area (Å²) in [5.41, 5.74) is 0.341. The minimum absolute atomic E-state index is 0.0192. The second kappa shape index (κ2) is 7.73. The van der Waals surface area contributed by atoms with E-state index in [9.17, 15) is 18.0 Å². The van der Waals surface area contributed by atoms with Gasteiger partial charge in [0.1, 0.15) is 0 Å². The number of aromatic nitrogens is 4. The summed E-state index contributed by atoms with van der Waals surface area (Å²) in [6.07, 6.45) is -0.717. The van der Waals surface area contributed by atoms with Crippen molar-refractivity contribution in [2.45, 2.75) is 12.6 Å². The van der Waals surface area contributed by atoms with Crippen molar-refractivity contribution in [1.29, 1.82) is 0 Å². The number of benzene rings is 1. The Morgan fingerprint density at radius 1 is 1.12 bits per heavy atom. The van der Waals surface area contributed by atoms with Crippen LogP contribution in [0.1, 0.15) is 21.7 Å². The third kappa shape index (κ3) is 3.66. The maximum atomic E-state index is 13.4. The van der Waals surface area contributed by atoms with Crippen LogP contribution in [-0.2, 0) is 12.6 Å². The molecule has 8 nitrogen and oxygen atoms in total. The molecule has 1 aromatic carbocycles. The van der Waals surface area contributed by atoms with Gasteiger partial charge >= 0.3 is 6.18 Å². The van der Waals surface area contributed by atoms with E-state index in [1.165, 1.54) is 16.6 Å². The van der Waals surface area contributed by atoms with E-state index in [0.717, 1.165) is 11.6 Å². The van der Waals surface area contributed by atoms with Crippen LogP contribution in [0.5, 0.6) is 0 Å². The summed E-state index contributed by atoms with van der Waals surface area (Å²) >= 11 is 0. The summed E-state index contributed by atoms with van der Waals surface area (Å²) in [7, 11) is 0. The van der Waals surface area contributed by atoms with E-state index in [1.807, 2.05) is 0 Å². The lowest BCUT2D eigenvalue weighted by molar-refractivity contribution is -0.137. The van der Waals surface area contributed by atoms with Gasteiger partial charge in [0.2, 0.25) is 5.82 Å². The first-order chi connectivity index (χ1) is 15.3. The quantitative estimate of drug-likeness (QED) is 0.659. The van der Waals surface area contributed by atoms with E-state index >= 15 is 0 Å². The zero-order valence-electron chi connectivity index (χ0n) is 17.0. The molecule has 2 aliphatic rings. The van der Waals surface area contributed by atoms with Crippen molar-refractivity contribution in [3.05, 3.63) is 53.6 Å². The second-order valence-electron chi connectivity index (χ2n) is 8.27. The normalized spacial score (nSPS) is 20.9. The molecule has 0 radical (unpaired) electrons. The highest BCUT2D eigenvalue weighted by molar-refractivity contribution is 5.91. The summed E-state index contributed by atoms with van der Waals surface area (Å²) in [5, 5.41) is 13.3. The standard InChI is InChI=1S/C21H21F3N6O2/c22-21(23,24)16-3-1-2-4-17(16)28-9-14-11-29(12-15(14)10-28)19(32)18-26-20-25-7-13(5-6-31)8-30(20)27-18/h1-4,7-8,14-15,31H,5-6,9-12H2/t14-,15+. The van der Waals surface area contributed by atoms with Gasteiger partial charge in [-0.1, -0.05) is 12.1 Å². The maximum Gasteiger partial charge on any atom is 0.418 e. The Kier molecular flexibility index (Phi) is 5.00. The van der Waals surface area contributed by atoms with Crippen molar-refractivity contribution < 1.29 is 23.1 Å². The van der Waals surface area contributed by atoms with Gasteiger partial charge in [-0.25, -0.2) is 9.50 Å². The Morgan fingerprint density at radius 3 is 2.53 bits per heavy atom. The fourth-order valence-electron chi connectivity index (χ4n) is 4.66. The smallest absolute Gasteiger partial charge is 0.396 e. The van der Waals surface area contributed by atoms with Gasteiger partial charge < -0.3 is 14.9 Å². The molecule has 168 valence electrons. The number of alkyl halides is 3. The number of halogens is 3. The Morgan fingerprint density at radius 2 is 1.84 bits per heavy atom. The van der Waals surface area contributed by atoms with Gasteiger partial charge in [-0.3, -0.25) is 4.79 Å². The van der Waals surface area contributed by atoms with E-state index in [0.29, 0.717) is 38.4 Å². The molecule has 2 atom stereocenters. The number of fused-ring (bicyclic) bond motifs is 2. The third-order valence-electron chi connectivity index (χ3n) is 6.16. The van der Waals surface area contributed by atoms with Gasteiger partial charge in [0.05, 0.1) is 5.56 Å². The van der Waals surface area contributed by atoms with Crippen molar-refractivity contribution in [2.24, 2.45) is 11.8 Å². The Labute approximate surface area is 181 Å². The molecule has 0 unspecified atom stereocenters. The zero-order chi connectivity index (χ0) is 22.5. The van der Waals surface area contributed by atoms with E-state index < -0.39 is 11.7 Å². The van der Waals surface area contributed by atoms with Crippen LogP contribution < -0.4 is 4.90 Å². The highest BCUT2D eigenvalue weighted by atomic mass is 19.4. The molecular formula is C21H21F3N6O2. The van der Waals surface area contributed by atoms with E-state index in [-0.39, 0.29) is 35.9 Å². The first-order valence-electron chi connectivity index (χ1n) is 10.4. The van der Waals surface area contributed by atoms with E-state index in [2.05, 4.69) is 15.1 Å². The molecule has 3 aromatic rings. The molecule has 4 heterocycles. The van der Waals surface area contributed by atoms with Crippen LogP contribution in [0.3, 0.4) is 0 Å². The fraction of sp³-hybridized carbons (Fsp3) is 0.429. The molecule has 0 spiro atoms. The van der Waals surface area contributed by atoms with Gasteiger partial charge in [0, 0.05) is 62.7 Å². The zero-order valence-corrected chi connectivity index (χ0v) is 17.0. The molecule has 5 rings (SSSR count). The molecule has 2 saturated heterocycles. The van der Waals surface area contributed by atoms with E-state index in [4.69, 9.17) is 5.11 Å². The lowest BCUT2D eigenvalue weighted by atomic mass is 10.0. The molecular weight excluding hydrogens is 425 g/mol. The van der Waals surface area contributed by atoms with Crippen LogP contribution >= 0.6 is 0 Å². The number of nitrogens with zero attached hydrogens (tertiary/aromatic N) is 6. The van der Waals surface area contributed by atoms with Gasteiger partial charge in [-0.2, -0.15) is 18.2 Å². The first kappa shape index (κ1) is 20.7. The Bertz CT molecular complexity index is 1150. The number of hydrogen-bond donors (Lipinski definition) is 1. The number of anilines is 1. The van der Waals surface area contributed by atoms with Crippen LogP contribution in [0.4, 0.5) is 18.9 Å². The van der Waals surface area contributed by atoms with Gasteiger partial charge in [0.25, 0.3) is 11.7 Å². The van der Waals surface area contributed by atoms with Crippen molar-refractivity contribution in [2.75, 3.05) is 37.7 Å². The molecule has 1 amide bonds. The molecule has 11 heteroatoms. The largest absolute Gasteiger partial charge is 0.418 e. The predicted molar refractivity (Wildman–Crippen MR) is 108 cm³/mol.